The molecule has 4 rings (SSSR count). The standard InChI is InChI=1S/C23H24O10/c1-29-19-17(33-23(26,27)28)7-6-15(13-4-5-16-14(10-13)11-31-20(16)24)18(19)32-12-22(8-3-9-22)21(25)30-2/h4-7,10,26-28H,3,8-9,11-12H2,1-2H3. The molecule has 10 nitrogen and oxygen atoms in total. The van der Waals surface area contributed by atoms with Crippen molar-refractivity contribution in [2.75, 3.05) is 20.8 Å². The zero-order valence-corrected chi connectivity index (χ0v) is 18.1. The van der Waals surface area contributed by atoms with Crippen LogP contribution < -0.4 is 14.2 Å². The molecule has 0 amide bonds. The van der Waals surface area contributed by atoms with Gasteiger partial charge in [-0.1, -0.05) is 12.5 Å². The smallest absolute Gasteiger partial charge is 0.453 e. The van der Waals surface area contributed by atoms with E-state index in [4.69, 9.17) is 23.7 Å². The fraction of sp³-hybridized carbons (Fsp3) is 0.391. The van der Waals surface area contributed by atoms with Crippen LogP contribution in [0.3, 0.4) is 0 Å². The number of rotatable bonds is 8. The number of fused-ring (bicyclic) bond motifs is 1. The van der Waals surface area contributed by atoms with Gasteiger partial charge in [-0.05, 0) is 42.7 Å². The van der Waals surface area contributed by atoms with Crippen LogP contribution in [0.1, 0.15) is 35.2 Å². The van der Waals surface area contributed by atoms with Gasteiger partial charge in [0.25, 0.3) is 0 Å². The molecule has 1 aliphatic heterocycles. The molecule has 176 valence electrons. The number of cyclic esters (lactones) is 1. The van der Waals surface area contributed by atoms with E-state index < -0.39 is 17.5 Å². The second-order valence-corrected chi connectivity index (χ2v) is 8.01. The van der Waals surface area contributed by atoms with Gasteiger partial charge in [-0.25, -0.2) is 4.79 Å². The summed E-state index contributed by atoms with van der Waals surface area (Å²) in [5.74, 6) is -0.857. The first-order valence-corrected chi connectivity index (χ1v) is 10.3. The minimum absolute atomic E-state index is 0.0124. The SMILES string of the molecule is COC(=O)C1(COc2c(-c3ccc4c(c3)COC4=O)ccc(OC(O)(O)O)c2OC)CCC1. The third-order valence-corrected chi connectivity index (χ3v) is 5.94. The molecule has 1 saturated carbocycles. The molecule has 1 heterocycles. The minimum Gasteiger partial charge on any atom is -0.490 e. The Morgan fingerprint density at radius 3 is 2.42 bits per heavy atom. The fourth-order valence-corrected chi connectivity index (χ4v) is 4.08. The average molecular weight is 460 g/mol. The van der Waals surface area contributed by atoms with Crippen LogP contribution in [0.2, 0.25) is 0 Å². The van der Waals surface area contributed by atoms with Crippen LogP contribution in [0.25, 0.3) is 11.1 Å². The second kappa shape index (κ2) is 8.54. The summed E-state index contributed by atoms with van der Waals surface area (Å²) in [7, 11) is 2.64. The van der Waals surface area contributed by atoms with E-state index in [9.17, 15) is 24.9 Å². The average Bonchev–Trinajstić information content (AvgIpc) is 3.11. The number of hydrogen-bond donors (Lipinski definition) is 3. The minimum atomic E-state index is -3.45. The Hall–Kier alpha value is -3.34. The molecule has 2 aliphatic rings. The Morgan fingerprint density at radius 1 is 1.09 bits per heavy atom. The number of methoxy groups -OCH3 is 2. The maximum Gasteiger partial charge on any atom is 0.453 e. The number of hydrogen-bond acceptors (Lipinski definition) is 10. The van der Waals surface area contributed by atoms with E-state index in [2.05, 4.69) is 0 Å². The number of aliphatic hydroxyl groups is 3. The Bertz CT molecular complexity index is 1080. The normalized spacial score (nSPS) is 16.3. The first-order chi connectivity index (χ1) is 15.7. The van der Waals surface area contributed by atoms with E-state index in [1.165, 1.54) is 20.3 Å². The van der Waals surface area contributed by atoms with Crippen molar-refractivity contribution in [1.29, 1.82) is 0 Å². The van der Waals surface area contributed by atoms with Gasteiger partial charge >= 0.3 is 18.1 Å². The summed E-state index contributed by atoms with van der Waals surface area (Å²) in [6.45, 7) is 0.131. The highest BCUT2D eigenvalue weighted by Gasteiger charge is 2.46. The number of carbonyl (C=O) groups is 2. The van der Waals surface area contributed by atoms with Gasteiger partial charge in [-0.15, -0.1) is 0 Å². The molecule has 0 spiro atoms. The lowest BCUT2D eigenvalue weighted by atomic mass is 9.69. The van der Waals surface area contributed by atoms with Gasteiger partial charge < -0.3 is 39.0 Å². The highest BCUT2D eigenvalue weighted by atomic mass is 16.9. The summed E-state index contributed by atoms with van der Waals surface area (Å²) in [5, 5.41) is 27.9. The van der Waals surface area contributed by atoms with Crippen LogP contribution >= 0.6 is 0 Å². The third kappa shape index (κ3) is 4.32. The van der Waals surface area contributed by atoms with Crippen LogP contribution in [-0.2, 0) is 20.9 Å². The van der Waals surface area contributed by atoms with E-state index in [1.54, 1.807) is 24.3 Å². The monoisotopic (exact) mass is 460 g/mol. The molecular formula is C23H24O10. The molecule has 0 radical (unpaired) electrons. The Morgan fingerprint density at radius 2 is 1.82 bits per heavy atom. The molecule has 3 N–H and O–H groups in total. The fourth-order valence-electron chi connectivity index (χ4n) is 4.08. The van der Waals surface area contributed by atoms with Gasteiger partial charge in [0.05, 0.1) is 19.8 Å². The third-order valence-electron chi connectivity index (χ3n) is 5.94. The molecule has 0 aromatic heterocycles. The maximum absolute atomic E-state index is 12.4. The van der Waals surface area contributed by atoms with Gasteiger partial charge in [0.1, 0.15) is 18.6 Å². The Labute approximate surface area is 189 Å². The van der Waals surface area contributed by atoms with Crippen LogP contribution in [0, 0.1) is 5.41 Å². The summed E-state index contributed by atoms with van der Waals surface area (Å²) in [6, 6.07) is 8.07. The van der Waals surface area contributed by atoms with E-state index >= 15 is 0 Å². The molecule has 1 aliphatic carbocycles. The summed E-state index contributed by atoms with van der Waals surface area (Å²) < 4.78 is 26.3. The van der Waals surface area contributed by atoms with Crippen molar-refractivity contribution in [2.24, 2.45) is 5.41 Å². The van der Waals surface area contributed by atoms with Crippen molar-refractivity contribution < 1.29 is 48.6 Å². The van der Waals surface area contributed by atoms with Gasteiger partial charge in [0.2, 0.25) is 5.75 Å². The van der Waals surface area contributed by atoms with Crippen molar-refractivity contribution in [3.05, 3.63) is 41.5 Å². The van der Waals surface area contributed by atoms with E-state index in [-0.39, 0.29) is 36.4 Å². The first-order valence-electron chi connectivity index (χ1n) is 10.3. The Balaban J connectivity index is 1.77. The number of benzene rings is 2. The predicted octanol–water partition coefficient (Wildman–Crippen LogP) is 1.72. The largest absolute Gasteiger partial charge is 0.490 e. The van der Waals surface area contributed by atoms with Gasteiger partial charge in [0, 0.05) is 11.1 Å². The van der Waals surface area contributed by atoms with Crippen LogP contribution in [0.4, 0.5) is 0 Å². The van der Waals surface area contributed by atoms with Crippen LogP contribution in [0.15, 0.2) is 30.3 Å². The number of ether oxygens (including phenoxy) is 5. The molecule has 0 atom stereocenters. The first kappa shape index (κ1) is 22.8. The quantitative estimate of drug-likeness (QED) is 0.394. The van der Waals surface area contributed by atoms with E-state index in [0.29, 0.717) is 35.1 Å². The lowest BCUT2D eigenvalue weighted by Crippen LogP contribution is -2.44. The lowest BCUT2D eigenvalue weighted by Gasteiger charge is -2.38. The maximum atomic E-state index is 12.4. The molecule has 33 heavy (non-hydrogen) atoms. The summed E-state index contributed by atoms with van der Waals surface area (Å²) in [6.07, 6.45) is -1.40. The van der Waals surface area contributed by atoms with Crippen LogP contribution in [0.5, 0.6) is 17.2 Å². The van der Waals surface area contributed by atoms with E-state index in [1.807, 2.05) is 0 Å². The van der Waals surface area contributed by atoms with Crippen LogP contribution in [-0.4, -0.2) is 54.2 Å². The number of esters is 2. The molecule has 1 fully saturated rings. The van der Waals surface area contributed by atoms with Gasteiger partial charge in [0.15, 0.2) is 11.5 Å². The number of carbonyl (C=O) groups excluding carboxylic acids is 2. The molecule has 0 unspecified atom stereocenters. The summed E-state index contributed by atoms with van der Waals surface area (Å²) in [4.78, 5) is 24.2. The van der Waals surface area contributed by atoms with Crippen molar-refractivity contribution in [1.82, 2.24) is 0 Å². The van der Waals surface area contributed by atoms with E-state index in [0.717, 1.165) is 6.42 Å². The van der Waals surface area contributed by atoms with Crippen molar-refractivity contribution >= 4 is 11.9 Å². The summed E-state index contributed by atoms with van der Waals surface area (Å²) in [5.41, 5.74) is 1.56. The predicted molar refractivity (Wildman–Crippen MR) is 111 cm³/mol. The highest BCUT2D eigenvalue weighted by Crippen LogP contribution is 2.48. The van der Waals surface area contributed by atoms with Crippen molar-refractivity contribution in [2.45, 2.75) is 32.0 Å². The zero-order valence-electron chi connectivity index (χ0n) is 18.1. The molecule has 0 saturated heterocycles. The van der Waals surface area contributed by atoms with Gasteiger partial charge in [-0.3, -0.25) is 4.79 Å². The molecular weight excluding hydrogens is 436 g/mol. The topological polar surface area (TPSA) is 141 Å². The second-order valence-electron chi connectivity index (χ2n) is 8.01. The molecule has 10 heteroatoms. The van der Waals surface area contributed by atoms with Crippen molar-refractivity contribution in [3.8, 4) is 28.4 Å². The molecule has 0 bridgehead atoms. The molecule has 2 aromatic carbocycles. The highest BCUT2D eigenvalue weighted by molar-refractivity contribution is 5.94. The van der Waals surface area contributed by atoms with Crippen molar-refractivity contribution in [3.63, 3.8) is 0 Å². The van der Waals surface area contributed by atoms with Gasteiger partial charge in [-0.2, -0.15) is 0 Å². The summed E-state index contributed by atoms with van der Waals surface area (Å²) >= 11 is 0. The lowest BCUT2D eigenvalue weighted by molar-refractivity contribution is -0.419. The Kier molecular flexibility index (Phi) is 5.91. The zero-order chi connectivity index (χ0) is 23.8. The molecule has 2 aromatic rings.